The number of halogens is 1. The fourth-order valence-corrected chi connectivity index (χ4v) is 4.80. The van der Waals surface area contributed by atoms with Gasteiger partial charge in [-0.3, -0.25) is 0 Å². The van der Waals surface area contributed by atoms with Gasteiger partial charge in [-0.05, 0) is 64.2 Å². The number of aliphatic hydroxyl groups is 1. The van der Waals surface area contributed by atoms with E-state index in [0.717, 1.165) is 38.2 Å². The van der Waals surface area contributed by atoms with Gasteiger partial charge in [0.25, 0.3) is 0 Å². The average Bonchev–Trinajstić information content (AvgIpc) is 2.95. The largest absolute Gasteiger partial charge is 0.495 e. The van der Waals surface area contributed by atoms with Gasteiger partial charge in [0.05, 0.1) is 19.4 Å². The van der Waals surface area contributed by atoms with E-state index in [4.69, 9.17) is 4.74 Å². The molecule has 0 saturated carbocycles. The van der Waals surface area contributed by atoms with Crippen LogP contribution in [-0.4, -0.2) is 12.2 Å². The topological polar surface area (TPSA) is 32.7 Å². The molecule has 178 valence electrons. The number of ether oxygens (including phenoxy) is 1. The molecule has 0 fully saturated rings. The molecule has 5 aromatic carbocycles. The smallest absolute Gasteiger partial charge is 0.143 e. The number of methoxy groups -OCH3 is 1. The van der Waals surface area contributed by atoms with Crippen LogP contribution < -0.4 is 9.64 Å². The van der Waals surface area contributed by atoms with Crippen molar-refractivity contribution in [2.45, 2.75) is 6.61 Å². The predicted octanol–water partition coefficient (Wildman–Crippen LogP) is 8.75. The van der Waals surface area contributed by atoms with Gasteiger partial charge in [-0.25, -0.2) is 0 Å². The normalized spacial score (nSPS) is 10.8. The third kappa shape index (κ3) is 4.92. The van der Waals surface area contributed by atoms with Crippen molar-refractivity contribution in [1.82, 2.24) is 0 Å². The third-order valence-corrected chi connectivity index (χ3v) is 6.96. The third-order valence-electron chi connectivity index (χ3n) is 6.22. The summed E-state index contributed by atoms with van der Waals surface area (Å²) < 4.78 is 6.61. The highest BCUT2D eigenvalue weighted by atomic mass is 79.9. The Morgan fingerprint density at radius 3 is 1.50 bits per heavy atom. The molecule has 0 radical (unpaired) electrons. The maximum atomic E-state index is 9.78. The Hall–Kier alpha value is -3.86. The van der Waals surface area contributed by atoms with E-state index in [1.807, 2.05) is 24.3 Å². The first-order valence-electron chi connectivity index (χ1n) is 11.8. The van der Waals surface area contributed by atoms with Crippen molar-refractivity contribution < 1.29 is 9.84 Å². The zero-order valence-electron chi connectivity index (χ0n) is 19.9. The van der Waals surface area contributed by atoms with Crippen LogP contribution in [0.1, 0.15) is 5.56 Å². The fraction of sp³-hybridized carbons (Fsp3) is 0.0625. The molecule has 0 bridgehead atoms. The molecule has 5 rings (SSSR count). The van der Waals surface area contributed by atoms with Gasteiger partial charge < -0.3 is 14.7 Å². The number of anilines is 3. The zero-order valence-corrected chi connectivity index (χ0v) is 21.5. The van der Waals surface area contributed by atoms with Gasteiger partial charge in [-0.15, -0.1) is 0 Å². The van der Waals surface area contributed by atoms with Crippen LogP contribution in [0.3, 0.4) is 0 Å². The Kier molecular flexibility index (Phi) is 7.17. The molecule has 3 nitrogen and oxygen atoms in total. The second-order valence-corrected chi connectivity index (χ2v) is 9.29. The van der Waals surface area contributed by atoms with Crippen molar-refractivity contribution in [2.75, 3.05) is 12.0 Å². The first-order chi connectivity index (χ1) is 17.7. The molecule has 4 heteroatoms. The Morgan fingerprint density at radius 1 is 0.639 bits per heavy atom. The predicted molar refractivity (Wildman–Crippen MR) is 152 cm³/mol. The average molecular weight is 536 g/mol. The van der Waals surface area contributed by atoms with Gasteiger partial charge >= 0.3 is 0 Å². The molecule has 36 heavy (non-hydrogen) atoms. The highest BCUT2D eigenvalue weighted by Gasteiger charge is 2.19. The maximum absolute atomic E-state index is 9.78. The van der Waals surface area contributed by atoms with Crippen molar-refractivity contribution in [3.63, 3.8) is 0 Å². The second kappa shape index (κ2) is 10.8. The standard InChI is InChI=1S/C32H26BrNO2/c1-36-32-20-27(22-35)30(33)21-31(32)34(28-16-12-25(13-17-28)23-8-4-2-5-9-23)29-18-14-26(15-19-29)24-10-6-3-7-11-24/h2-21,35H,22H2,1H3. The van der Waals surface area contributed by atoms with Gasteiger partial charge in [0.15, 0.2) is 0 Å². The summed E-state index contributed by atoms with van der Waals surface area (Å²) in [6.07, 6.45) is 0. The van der Waals surface area contributed by atoms with E-state index in [9.17, 15) is 5.11 Å². The quantitative estimate of drug-likeness (QED) is 0.226. The molecule has 5 aromatic rings. The highest BCUT2D eigenvalue weighted by Crippen LogP contribution is 2.43. The van der Waals surface area contributed by atoms with Crippen molar-refractivity contribution in [3.8, 4) is 28.0 Å². The summed E-state index contributed by atoms with van der Waals surface area (Å²) in [5.74, 6) is 0.682. The van der Waals surface area contributed by atoms with Crippen LogP contribution in [0.4, 0.5) is 17.1 Å². The molecular formula is C32H26BrNO2. The minimum atomic E-state index is -0.0746. The monoisotopic (exact) mass is 535 g/mol. The summed E-state index contributed by atoms with van der Waals surface area (Å²) >= 11 is 3.63. The lowest BCUT2D eigenvalue weighted by Gasteiger charge is -2.28. The SMILES string of the molecule is COc1cc(CO)c(Br)cc1N(c1ccc(-c2ccccc2)cc1)c1ccc(-c2ccccc2)cc1. The Morgan fingerprint density at radius 2 is 1.08 bits per heavy atom. The van der Waals surface area contributed by atoms with Crippen molar-refractivity contribution in [3.05, 3.63) is 131 Å². The van der Waals surface area contributed by atoms with Crippen LogP contribution in [0.2, 0.25) is 0 Å². The minimum absolute atomic E-state index is 0.0746. The number of aliphatic hydroxyl groups excluding tert-OH is 1. The molecule has 0 heterocycles. The number of hydrogen-bond donors (Lipinski definition) is 1. The molecular weight excluding hydrogens is 510 g/mol. The van der Waals surface area contributed by atoms with Gasteiger partial charge in [0.1, 0.15) is 5.75 Å². The number of rotatable bonds is 7. The maximum Gasteiger partial charge on any atom is 0.143 e. The summed E-state index contributed by atoms with van der Waals surface area (Å²) in [4.78, 5) is 2.17. The summed E-state index contributed by atoms with van der Waals surface area (Å²) in [7, 11) is 1.66. The van der Waals surface area contributed by atoms with Crippen LogP contribution in [0.5, 0.6) is 5.75 Å². The van der Waals surface area contributed by atoms with Gasteiger partial charge in [-0.1, -0.05) is 101 Å². The molecule has 0 atom stereocenters. The van der Waals surface area contributed by atoms with E-state index < -0.39 is 0 Å². The van der Waals surface area contributed by atoms with E-state index >= 15 is 0 Å². The van der Waals surface area contributed by atoms with Gasteiger partial charge in [0.2, 0.25) is 0 Å². The van der Waals surface area contributed by atoms with E-state index in [1.54, 1.807) is 7.11 Å². The molecule has 0 aliphatic rings. The molecule has 0 unspecified atom stereocenters. The first-order valence-corrected chi connectivity index (χ1v) is 12.6. The first kappa shape index (κ1) is 23.9. The minimum Gasteiger partial charge on any atom is -0.495 e. The Balaban J connectivity index is 1.61. The van der Waals surface area contributed by atoms with E-state index in [2.05, 4.69) is 118 Å². The van der Waals surface area contributed by atoms with E-state index in [0.29, 0.717) is 5.75 Å². The molecule has 0 aromatic heterocycles. The van der Waals surface area contributed by atoms with Crippen LogP contribution in [-0.2, 0) is 6.61 Å². The number of nitrogens with zero attached hydrogens (tertiary/aromatic N) is 1. The van der Waals surface area contributed by atoms with Crippen LogP contribution in [0, 0.1) is 0 Å². The molecule has 0 saturated heterocycles. The number of benzene rings is 5. The Bertz CT molecular complexity index is 1350. The summed E-state index contributed by atoms with van der Waals surface area (Å²) in [6.45, 7) is -0.0746. The highest BCUT2D eigenvalue weighted by molar-refractivity contribution is 9.10. The lowest BCUT2D eigenvalue weighted by molar-refractivity contribution is 0.280. The molecule has 0 amide bonds. The Labute approximate surface area is 220 Å². The number of hydrogen-bond acceptors (Lipinski definition) is 3. The lowest BCUT2D eigenvalue weighted by atomic mass is 10.0. The van der Waals surface area contributed by atoms with Gasteiger partial charge in [-0.2, -0.15) is 0 Å². The van der Waals surface area contributed by atoms with Crippen LogP contribution in [0.25, 0.3) is 22.3 Å². The van der Waals surface area contributed by atoms with Gasteiger partial charge in [0, 0.05) is 15.8 Å². The molecule has 0 aliphatic heterocycles. The molecule has 0 spiro atoms. The summed E-state index contributed by atoms with van der Waals surface area (Å²) in [6, 6.07) is 41.6. The van der Waals surface area contributed by atoms with Crippen LogP contribution in [0.15, 0.2) is 126 Å². The fourth-order valence-electron chi connectivity index (χ4n) is 4.34. The summed E-state index contributed by atoms with van der Waals surface area (Å²) in [5.41, 5.74) is 8.32. The molecule has 0 aliphatic carbocycles. The van der Waals surface area contributed by atoms with E-state index in [1.165, 1.54) is 11.1 Å². The second-order valence-electron chi connectivity index (χ2n) is 8.43. The van der Waals surface area contributed by atoms with Crippen molar-refractivity contribution >= 4 is 33.0 Å². The lowest BCUT2D eigenvalue weighted by Crippen LogP contribution is -2.12. The van der Waals surface area contributed by atoms with E-state index in [-0.39, 0.29) is 6.61 Å². The van der Waals surface area contributed by atoms with Crippen molar-refractivity contribution in [2.24, 2.45) is 0 Å². The zero-order chi connectivity index (χ0) is 24.9. The van der Waals surface area contributed by atoms with Crippen LogP contribution >= 0.6 is 15.9 Å². The van der Waals surface area contributed by atoms with Crippen molar-refractivity contribution in [1.29, 1.82) is 0 Å². The molecule has 1 N–H and O–H groups in total. The summed E-state index contributed by atoms with van der Waals surface area (Å²) in [5, 5.41) is 9.78.